The van der Waals surface area contributed by atoms with Gasteiger partial charge in [-0.25, -0.2) is 0 Å². The van der Waals surface area contributed by atoms with Crippen LogP contribution < -0.4 is 10.6 Å². The van der Waals surface area contributed by atoms with E-state index < -0.39 is 66.2 Å². The lowest BCUT2D eigenvalue weighted by Crippen LogP contribution is -2.52. The van der Waals surface area contributed by atoms with Crippen molar-refractivity contribution in [2.24, 2.45) is 11.3 Å². The number of halogens is 6. The molecule has 3 fully saturated rings. The molecule has 1 saturated carbocycles. The van der Waals surface area contributed by atoms with Crippen molar-refractivity contribution in [1.29, 1.82) is 0 Å². The molecule has 1 aromatic carbocycles. The molecule has 38 heavy (non-hydrogen) atoms. The van der Waals surface area contributed by atoms with Gasteiger partial charge in [0.15, 0.2) is 5.78 Å². The predicted molar refractivity (Wildman–Crippen MR) is 117 cm³/mol. The summed E-state index contributed by atoms with van der Waals surface area (Å²) >= 11 is 0. The zero-order valence-electron chi connectivity index (χ0n) is 20.0. The Hall–Kier alpha value is -3.16. The van der Waals surface area contributed by atoms with Gasteiger partial charge in [-0.3, -0.25) is 23.9 Å². The molecule has 0 unspecified atom stereocenters. The maximum atomic E-state index is 13.3. The summed E-state index contributed by atoms with van der Waals surface area (Å²) in [5, 5.41) is 4.94. The van der Waals surface area contributed by atoms with E-state index in [1.54, 1.807) is 0 Å². The van der Waals surface area contributed by atoms with E-state index in [4.69, 9.17) is 0 Å². The molecule has 4 rings (SSSR count). The zero-order chi connectivity index (χ0) is 27.9. The Bertz CT molecular complexity index is 1120. The molecule has 208 valence electrons. The summed E-state index contributed by atoms with van der Waals surface area (Å²) in [6.45, 7) is -0.965. The van der Waals surface area contributed by atoms with E-state index in [1.807, 2.05) is 0 Å². The largest absolute Gasteiger partial charge is 0.522 e. The summed E-state index contributed by atoms with van der Waals surface area (Å²) in [5.41, 5.74) is -1.69. The Labute approximate surface area is 213 Å². The third kappa shape index (κ3) is 6.45. The fourth-order valence-corrected chi connectivity index (χ4v) is 4.98. The van der Waals surface area contributed by atoms with Crippen LogP contribution in [0.3, 0.4) is 0 Å². The summed E-state index contributed by atoms with van der Waals surface area (Å²) in [6.07, 6.45) is -8.17. The van der Waals surface area contributed by atoms with Crippen LogP contribution in [0.2, 0.25) is 0 Å². The number of nitrogens with zero attached hydrogens (tertiary/aromatic N) is 1. The number of carbonyl (C=O) groups excluding carboxylic acids is 4. The Morgan fingerprint density at radius 3 is 2.45 bits per heavy atom. The summed E-state index contributed by atoms with van der Waals surface area (Å²) in [4.78, 5) is 52.3. The Morgan fingerprint density at radius 2 is 1.87 bits per heavy atom. The lowest BCUT2D eigenvalue weighted by Gasteiger charge is -2.27. The first-order valence-electron chi connectivity index (χ1n) is 12.0. The molecule has 2 saturated heterocycles. The second-order valence-corrected chi connectivity index (χ2v) is 10.0. The second-order valence-electron chi connectivity index (χ2n) is 10.0. The standard InChI is InChI=1S/C24H25F6N3O5/c25-23(26,27)15-3-1-2-14(8-15)21(37)33-12-22(5-6-22)10-17(33)20(36)32-16(9-13-4-7-31-19(13)35)18(34)11-38-24(28,29)30/h1-3,8,13,16-17H,4-7,9-12H2,(H,31,35)(H,32,36)/t13-,16-,17-/m0/s1. The van der Waals surface area contributed by atoms with Crippen molar-refractivity contribution < 1.29 is 50.3 Å². The summed E-state index contributed by atoms with van der Waals surface area (Å²) in [7, 11) is 0. The highest BCUT2D eigenvalue weighted by Crippen LogP contribution is 2.55. The van der Waals surface area contributed by atoms with Crippen LogP contribution in [0.1, 0.15) is 48.0 Å². The van der Waals surface area contributed by atoms with Crippen LogP contribution in [0.15, 0.2) is 24.3 Å². The van der Waals surface area contributed by atoms with Crippen LogP contribution >= 0.6 is 0 Å². The topological polar surface area (TPSA) is 105 Å². The molecule has 2 N–H and O–H groups in total. The van der Waals surface area contributed by atoms with Crippen molar-refractivity contribution >= 4 is 23.5 Å². The van der Waals surface area contributed by atoms with Crippen molar-refractivity contribution in [2.45, 2.75) is 56.7 Å². The van der Waals surface area contributed by atoms with E-state index in [9.17, 15) is 45.5 Å². The normalized spacial score (nSPS) is 23.3. The van der Waals surface area contributed by atoms with Crippen LogP contribution in [0, 0.1) is 11.3 Å². The molecule has 3 aliphatic rings. The molecule has 14 heteroatoms. The number of rotatable bonds is 8. The number of benzene rings is 1. The van der Waals surface area contributed by atoms with Gasteiger partial charge >= 0.3 is 12.5 Å². The molecule has 3 amide bonds. The number of hydrogen-bond donors (Lipinski definition) is 2. The summed E-state index contributed by atoms with van der Waals surface area (Å²) < 4.78 is 80.6. The van der Waals surface area contributed by atoms with Gasteiger partial charge in [0, 0.05) is 24.6 Å². The molecule has 1 aromatic rings. The SMILES string of the molecule is O=C1NCC[C@H]1C[C@H](NC(=O)[C@@H]1CC2(CC2)CN1C(=O)c1cccc(C(F)(F)F)c1)C(=O)COC(F)(F)F. The lowest BCUT2D eigenvalue weighted by atomic mass is 9.95. The molecule has 2 aliphatic heterocycles. The molecule has 3 atom stereocenters. The van der Waals surface area contributed by atoms with E-state index in [0.717, 1.165) is 17.0 Å². The molecule has 0 aromatic heterocycles. The fourth-order valence-electron chi connectivity index (χ4n) is 4.98. The van der Waals surface area contributed by atoms with Crippen molar-refractivity contribution in [3.63, 3.8) is 0 Å². The van der Waals surface area contributed by atoms with Crippen molar-refractivity contribution in [3.05, 3.63) is 35.4 Å². The number of nitrogens with one attached hydrogen (secondary N) is 2. The van der Waals surface area contributed by atoms with Gasteiger partial charge in [0.25, 0.3) is 5.91 Å². The van der Waals surface area contributed by atoms with Crippen LogP contribution in [0.4, 0.5) is 26.3 Å². The molecular weight excluding hydrogens is 524 g/mol. The molecule has 0 radical (unpaired) electrons. The maximum absolute atomic E-state index is 13.3. The molecule has 2 heterocycles. The highest BCUT2D eigenvalue weighted by Gasteiger charge is 2.55. The smallest absolute Gasteiger partial charge is 0.356 e. The van der Waals surface area contributed by atoms with E-state index in [0.29, 0.717) is 31.9 Å². The lowest BCUT2D eigenvalue weighted by molar-refractivity contribution is -0.321. The highest BCUT2D eigenvalue weighted by molar-refractivity contribution is 5.99. The van der Waals surface area contributed by atoms with Gasteiger partial charge in [0.1, 0.15) is 12.6 Å². The van der Waals surface area contributed by atoms with E-state index in [1.165, 1.54) is 6.07 Å². The number of hydrogen-bond acceptors (Lipinski definition) is 5. The number of carbonyl (C=O) groups is 4. The number of Topliss-reactive ketones (excluding diaryl/α,β-unsaturated/α-hetero) is 1. The minimum atomic E-state index is -5.09. The molecular formula is C24H25F6N3O5. The average Bonchev–Trinajstić information content (AvgIpc) is 3.30. The first-order chi connectivity index (χ1) is 17.7. The van der Waals surface area contributed by atoms with E-state index >= 15 is 0 Å². The van der Waals surface area contributed by atoms with Gasteiger partial charge in [0.2, 0.25) is 11.8 Å². The second kappa shape index (κ2) is 10.2. The average molecular weight is 549 g/mol. The number of ketones is 1. The van der Waals surface area contributed by atoms with Crippen molar-refractivity contribution in [3.8, 4) is 0 Å². The number of amides is 3. The summed E-state index contributed by atoms with van der Waals surface area (Å²) in [5.74, 6) is -3.88. The number of likely N-dealkylation sites (tertiary alicyclic amines) is 1. The minimum absolute atomic E-state index is 0.112. The van der Waals surface area contributed by atoms with Crippen LogP contribution in [-0.2, 0) is 25.3 Å². The first-order valence-corrected chi connectivity index (χ1v) is 12.0. The Kier molecular flexibility index (Phi) is 7.47. The molecule has 1 spiro atoms. The third-order valence-electron chi connectivity index (χ3n) is 7.23. The van der Waals surface area contributed by atoms with Gasteiger partial charge < -0.3 is 15.5 Å². The zero-order valence-corrected chi connectivity index (χ0v) is 20.0. The Balaban J connectivity index is 1.53. The molecule has 1 aliphatic carbocycles. The number of ether oxygens (including phenoxy) is 1. The first kappa shape index (κ1) is 27.9. The van der Waals surface area contributed by atoms with Crippen LogP contribution in [-0.4, -0.2) is 66.5 Å². The molecule has 0 bridgehead atoms. The van der Waals surface area contributed by atoms with Crippen LogP contribution in [0.25, 0.3) is 0 Å². The van der Waals surface area contributed by atoms with Gasteiger partial charge in [-0.1, -0.05) is 6.07 Å². The Morgan fingerprint density at radius 1 is 1.16 bits per heavy atom. The fraction of sp³-hybridized carbons (Fsp3) is 0.583. The van der Waals surface area contributed by atoms with Gasteiger partial charge in [-0.15, -0.1) is 13.2 Å². The highest BCUT2D eigenvalue weighted by atomic mass is 19.4. The van der Waals surface area contributed by atoms with Gasteiger partial charge in [0.05, 0.1) is 11.6 Å². The van der Waals surface area contributed by atoms with Crippen molar-refractivity contribution in [1.82, 2.24) is 15.5 Å². The van der Waals surface area contributed by atoms with Crippen molar-refractivity contribution in [2.75, 3.05) is 19.7 Å². The monoisotopic (exact) mass is 549 g/mol. The van der Waals surface area contributed by atoms with Gasteiger partial charge in [-0.2, -0.15) is 13.2 Å². The van der Waals surface area contributed by atoms with Crippen LogP contribution in [0.5, 0.6) is 0 Å². The minimum Gasteiger partial charge on any atom is -0.356 e. The predicted octanol–water partition coefficient (Wildman–Crippen LogP) is 2.82. The quantitative estimate of drug-likeness (QED) is 0.486. The van der Waals surface area contributed by atoms with Gasteiger partial charge in [-0.05, 0) is 55.7 Å². The third-order valence-corrected chi connectivity index (χ3v) is 7.23. The summed E-state index contributed by atoms with van der Waals surface area (Å²) in [6, 6.07) is 1.12. The maximum Gasteiger partial charge on any atom is 0.522 e. The van der Waals surface area contributed by atoms with E-state index in [-0.39, 0.29) is 30.4 Å². The molecule has 8 nitrogen and oxygen atoms in total. The number of alkyl halides is 6. The van der Waals surface area contributed by atoms with E-state index in [2.05, 4.69) is 15.4 Å².